The van der Waals surface area contributed by atoms with Crippen LogP contribution >= 0.6 is 23.4 Å². The van der Waals surface area contributed by atoms with Gasteiger partial charge in [-0.25, -0.2) is 0 Å². The largest absolute Gasteiger partial charge is 0.486 e. The summed E-state index contributed by atoms with van der Waals surface area (Å²) in [6.45, 7) is 8.29. The third-order valence-corrected chi connectivity index (χ3v) is 6.36. The van der Waals surface area contributed by atoms with Crippen LogP contribution in [-0.2, 0) is 17.9 Å². The number of carbonyl (C=O) groups is 2. The predicted molar refractivity (Wildman–Crippen MR) is 127 cm³/mol. The number of ether oxygens (including phenoxy) is 1. The highest BCUT2D eigenvalue weighted by molar-refractivity contribution is 7.99. The number of halogens is 1. The maximum atomic E-state index is 12.3. The minimum absolute atomic E-state index is 0.0153. The van der Waals surface area contributed by atoms with Gasteiger partial charge in [0.15, 0.2) is 16.8 Å². The van der Waals surface area contributed by atoms with E-state index in [9.17, 15) is 9.59 Å². The van der Waals surface area contributed by atoms with Gasteiger partial charge in [-0.15, -0.1) is 10.2 Å². The molecular formula is C23H25ClN4O3S. The van der Waals surface area contributed by atoms with E-state index in [4.69, 9.17) is 16.3 Å². The zero-order chi connectivity index (χ0) is 23.3. The molecule has 168 valence electrons. The Morgan fingerprint density at radius 3 is 2.38 bits per heavy atom. The van der Waals surface area contributed by atoms with Crippen molar-refractivity contribution in [3.63, 3.8) is 0 Å². The van der Waals surface area contributed by atoms with Gasteiger partial charge in [0.2, 0.25) is 5.91 Å². The SMILES string of the molecule is CCn1c(COc2cc(C)c(Cl)c(C)c2)nnc1SCC(=O)Nc1ccc(C(C)=O)cc1. The number of aryl methyl sites for hydroxylation is 2. The van der Waals surface area contributed by atoms with E-state index in [1.54, 1.807) is 24.3 Å². The molecule has 0 bridgehead atoms. The van der Waals surface area contributed by atoms with Crippen LogP contribution in [-0.4, -0.2) is 32.2 Å². The number of aromatic nitrogens is 3. The number of hydrogen-bond acceptors (Lipinski definition) is 6. The third kappa shape index (κ3) is 5.89. The Kier molecular flexibility index (Phi) is 7.93. The lowest BCUT2D eigenvalue weighted by molar-refractivity contribution is -0.113. The van der Waals surface area contributed by atoms with Gasteiger partial charge in [0.25, 0.3) is 0 Å². The van der Waals surface area contributed by atoms with Crippen molar-refractivity contribution in [1.82, 2.24) is 14.8 Å². The highest BCUT2D eigenvalue weighted by Gasteiger charge is 2.14. The van der Waals surface area contributed by atoms with Crippen molar-refractivity contribution in [2.45, 2.75) is 46.0 Å². The molecule has 2 aromatic carbocycles. The van der Waals surface area contributed by atoms with Crippen LogP contribution in [0.5, 0.6) is 5.75 Å². The van der Waals surface area contributed by atoms with E-state index in [0.717, 1.165) is 21.9 Å². The quantitative estimate of drug-likeness (QED) is 0.345. The molecule has 0 unspecified atom stereocenters. The first-order valence-corrected chi connectivity index (χ1v) is 11.5. The molecule has 0 fully saturated rings. The summed E-state index contributed by atoms with van der Waals surface area (Å²) in [7, 11) is 0. The second kappa shape index (κ2) is 10.7. The van der Waals surface area contributed by atoms with E-state index >= 15 is 0 Å². The molecule has 7 nitrogen and oxygen atoms in total. The molecule has 1 aromatic heterocycles. The summed E-state index contributed by atoms with van der Waals surface area (Å²) in [5.74, 6) is 1.41. The van der Waals surface area contributed by atoms with E-state index in [2.05, 4.69) is 15.5 Å². The summed E-state index contributed by atoms with van der Waals surface area (Å²) >= 11 is 7.52. The van der Waals surface area contributed by atoms with Gasteiger partial charge < -0.3 is 14.6 Å². The smallest absolute Gasteiger partial charge is 0.234 e. The molecule has 0 saturated carbocycles. The van der Waals surface area contributed by atoms with Gasteiger partial charge in [0.05, 0.1) is 5.75 Å². The lowest BCUT2D eigenvalue weighted by Gasteiger charge is -2.11. The van der Waals surface area contributed by atoms with Crippen LogP contribution in [0.15, 0.2) is 41.6 Å². The van der Waals surface area contributed by atoms with Crippen LogP contribution in [0.4, 0.5) is 5.69 Å². The van der Waals surface area contributed by atoms with Crippen molar-refractivity contribution in [2.75, 3.05) is 11.1 Å². The number of benzene rings is 2. The maximum absolute atomic E-state index is 12.3. The van der Waals surface area contributed by atoms with E-state index < -0.39 is 0 Å². The fourth-order valence-electron chi connectivity index (χ4n) is 3.10. The first-order chi connectivity index (χ1) is 15.3. The van der Waals surface area contributed by atoms with Crippen LogP contribution in [0.2, 0.25) is 5.02 Å². The fourth-order valence-corrected chi connectivity index (χ4v) is 4.03. The van der Waals surface area contributed by atoms with Crippen molar-refractivity contribution >= 4 is 40.7 Å². The van der Waals surface area contributed by atoms with Gasteiger partial charge in [-0.05, 0) is 75.2 Å². The van der Waals surface area contributed by atoms with Crippen molar-refractivity contribution in [3.05, 3.63) is 63.9 Å². The summed E-state index contributed by atoms with van der Waals surface area (Å²) in [6.07, 6.45) is 0. The van der Waals surface area contributed by atoms with Crippen molar-refractivity contribution in [2.24, 2.45) is 0 Å². The fraction of sp³-hybridized carbons (Fsp3) is 0.304. The topological polar surface area (TPSA) is 86.1 Å². The van der Waals surface area contributed by atoms with Gasteiger partial charge in [-0.2, -0.15) is 0 Å². The molecule has 1 N–H and O–H groups in total. The van der Waals surface area contributed by atoms with Gasteiger partial charge in [-0.3, -0.25) is 9.59 Å². The molecule has 0 radical (unpaired) electrons. The number of carbonyl (C=O) groups excluding carboxylic acids is 2. The minimum Gasteiger partial charge on any atom is -0.486 e. The number of hydrogen-bond donors (Lipinski definition) is 1. The number of thioether (sulfide) groups is 1. The van der Waals surface area contributed by atoms with Crippen LogP contribution in [0.1, 0.15) is 41.2 Å². The number of amides is 1. The number of nitrogens with zero attached hydrogens (tertiary/aromatic N) is 3. The predicted octanol–water partition coefficient (Wildman–Crippen LogP) is 5.08. The number of ketones is 1. The Bertz CT molecular complexity index is 1110. The first-order valence-electron chi connectivity index (χ1n) is 10.1. The number of anilines is 1. The molecule has 3 rings (SSSR count). The van der Waals surface area contributed by atoms with E-state index in [-0.39, 0.29) is 24.1 Å². The molecule has 0 aliphatic heterocycles. The van der Waals surface area contributed by atoms with Crippen LogP contribution in [0.25, 0.3) is 0 Å². The minimum atomic E-state index is -0.166. The normalized spacial score (nSPS) is 10.8. The average molecular weight is 473 g/mol. The van der Waals surface area contributed by atoms with Gasteiger partial charge in [0, 0.05) is 22.8 Å². The average Bonchev–Trinajstić information content (AvgIpc) is 3.16. The lowest BCUT2D eigenvalue weighted by Crippen LogP contribution is -2.15. The zero-order valence-corrected chi connectivity index (χ0v) is 20.0. The second-order valence-electron chi connectivity index (χ2n) is 7.27. The third-order valence-electron chi connectivity index (χ3n) is 4.80. The second-order valence-corrected chi connectivity index (χ2v) is 8.59. The molecule has 0 aliphatic carbocycles. The Labute approximate surface area is 196 Å². The summed E-state index contributed by atoms with van der Waals surface area (Å²) in [6, 6.07) is 10.6. The van der Waals surface area contributed by atoms with Crippen LogP contribution in [0.3, 0.4) is 0 Å². The molecule has 0 spiro atoms. The number of rotatable bonds is 9. The molecule has 0 aliphatic rings. The zero-order valence-electron chi connectivity index (χ0n) is 18.4. The molecule has 9 heteroatoms. The number of Topliss-reactive ketones (excluding diaryl/α,β-unsaturated/α-hetero) is 1. The monoisotopic (exact) mass is 472 g/mol. The summed E-state index contributed by atoms with van der Waals surface area (Å²) in [4.78, 5) is 23.7. The van der Waals surface area contributed by atoms with Crippen LogP contribution < -0.4 is 10.1 Å². The summed E-state index contributed by atoms with van der Waals surface area (Å²) < 4.78 is 7.83. The van der Waals surface area contributed by atoms with Crippen molar-refractivity contribution in [3.8, 4) is 5.75 Å². The molecular weight excluding hydrogens is 448 g/mol. The Morgan fingerprint density at radius 1 is 1.12 bits per heavy atom. The molecule has 1 amide bonds. The Morgan fingerprint density at radius 2 is 1.78 bits per heavy atom. The van der Waals surface area contributed by atoms with E-state index in [1.165, 1.54) is 18.7 Å². The lowest BCUT2D eigenvalue weighted by atomic mass is 10.1. The van der Waals surface area contributed by atoms with E-state index in [0.29, 0.717) is 28.8 Å². The molecule has 0 atom stereocenters. The highest BCUT2D eigenvalue weighted by Crippen LogP contribution is 2.26. The standard InChI is InChI=1S/C23H25ClN4O3S/c1-5-28-20(12-31-19-10-14(2)22(24)15(3)11-19)26-27-23(28)32-13-21(30)25-18-8-6-17(7-9-18)16(4)29/h6-11H,5,12-13H2,1-4H3,(H,25,30). The number of nitrogens with one attached hydrogen (secondary N) is 1. The van der Waals surface area contributed by atoms with Crippen LogP contribution in [0, 0.1) is 13.8 Å². The Hall–Kier alpha value is -2.84. The van der Waals surface area contributed by atoms with Gasteiger partial charge in [-0.1, -0.05) is 23.4 Å². The van der Waals surface area contributed by atoms with E-state index in [1.807, 2.05) is 37.5 Å². The van der Waals surface area contributed by atoms with Crippen molar-refractivity contribution < 1.29 is 14.3 Å². The van der Waals surface area contributed by atoms with Gasteiger partial charge >= 0.3 is 0 Å². The van der Waals surface area contributed by atoms with Crippen molar-refractivity contribution in [1.29, 1.82) is 0 Å². The molecule has 1 heterocycles. The summed E-state index contributed by atoms with van der Waals surface area (Å²) in [5, 5.41) is 12.7. The first kappa shape index (κ1) is 23.8. The highest BCUT2D eigenvalue weighted by atomic mass is 35.5. The Balaban J connectivity index is 1.58. The molecule has 3 aromatic rings. The van der Waals surface area contributed by atoms with Gasteiger partial charge in [0.1, 0.15) is 12.4 Å². The summed E-state index contributed by atoms with van der Waals surface area (Å²) in [5.41, 5.74) is 3.15. The molecule has 0 saturated heterocycles. The maximum Gasteiger partial charge on any atom is 0.234 e. The molecule has 32 heavy (non-hydrogen) atoms.